The van der Waals surface area contributed by atoms with Crippen molar-refractivity contribution in [2.24, 2.45) is 0 Å². The van der Waals surface area contributed by atoms with E-state index in [2.05, 4.69) is 5.32 Å². The van der Waals surface area contributed by atoms with E-state index in [1.807, 2.05) is 44.2 Å². The maximum absolute atomic E-state index is 13.9. The SMILES string of the molecule is CCC(C)NC(=O)C(C)N(Cc1ccccc1)C(=O)CN(c1cc(Cl)ccc1C)S(=O)(=O)c1ccccc1. The smallest absolute Gasteiger partial charge is 0.264 e. The predicted molar refractivity (Wildman–Crippen MR) is 152 cm³/mol. The summed E-state index contributed by atoms with van der Waals surface area (Å²) in [5, 5.41) is 3.27. The molecular weight excluding hydrogens is 522 g/mol. The number of sulfonamides is 1. The number of carbonyl (C=O) groups excluding carboxylic acids is 2. The third-order valence-corrected chi connectivity index (χ3v) is 8.42. The molecule has 0 aliphatic carbocycles. The summed E-state index contributed by atoms with van der Waals surface area (Å²) in [6.45, 7) is 6.90. The Labute approximate surface area is 230 Å². The summed E-state index contributed by atoms with van der Waals surface area (Å²) in [5.74, 6) is -0.820. The van der Waals surface area contributed by atoms with E-state index in [1.165, 1.54) is 23.1 Å². The Morgan fingerprint density at radius 1 is 0.947 bits per heavy atom. The third-order valence-electron chi connectivity index (χ3n) is 6.41. The predicted octanol–water partition coefficient (Wildman–Crippen LogP) is 5.18. The molecule has 0 aromatic heterocycles. The van der Waals surface area contributed by atoms with Gasteiger partial charge in [-0.05, 0) is 62.6 Å². The summed E-state index contributed by atoms with van der Waals surface area (Å²) < 4.78 is 28.7. The molecule has 0 aliphatic rings. The van der Waals surface area contributed by atoms with Crippen LogP contribution in [0, 0.1) is 6.92 Å². The van der Waals surface area contributed by atoms with E-state index in [0.717, 1.165) is 16.3 Å². The minimum Gasteiger partial charge on any atom is -0.352 e. The molecule has 0 fully saturated rings. The van der Waals surface area contributed by atoms with E-state index >= 15 is 0 Å². The number of hydrogen-bond donors (Lipinski definition) is 1. The highest BCUT2D eigenvalue weighted by atomic mass is 35.5. The van der Waals surface area contributed by atoms with Gasteiger partial charge < -0.3 is 10.2 Å². The lowest BCUT2D eigenvalue weighted by atomic mass is 10.1. The summed E-state index contributed by atoms with van der Waals surface area (Å²) >= 11 is 6.25. The first-order valence-corrected chi connectivity index (χ1v) is 14.3. The number of benzene rings is 3. The van der Waals surface area contributed by atoms with Crippen LogP contribution in [0.3, 0.4) is 0 Å². The van der Waals surface area contributed by atoms with Crippen molar-refractivity contribution in [3.63, 3.8) is 0 Å². The lowest BCUT2D eigenvalue weighted by Gasteiger charge is -2.33. The second-order valence-electron chi connectivity index (χ2n) is 9.26. The van der Waals surface area contributed by atoms with E-state index in [9.17, 15) is 18.0 Å². The number of hydrogen-bond acceptors (Lipinski definition) is 4. The highest BCUT2D eigenvalue weighted by Gasteiger charge is 2.33. The third kappa shape index (κ3) is 7.14. The molecule has 0 saturated carbocycles. The maximum atomic E-state index is 13.9. The number of rotatable bonds is 11. The van der Waals surface area contributed by atoms with Gasteiger partial charge in [0.25, 0.3) is 10.0 Å². The standard InChI is InChI=1S/C29H34ClN3O4S/c1-5-22(3)31-29(35)23(4)32(19-24-12-8-6-9-13-24)28(34)20-33(27-18-25(30)17-16-21(27)2)38(36,37)26-14-10-7-11-15-26/h6-18,22-23H,5,19-20H2,1-4H3,(H,31,35). The first-order chi connectivity index (χ1) is 18.0. The Hall–Kier alpha value is -3.36. The normalized spacial score (nSPS) is 12.9. The van der Waals surface area contributed by atoms with Crippen molar-refractivity contribution in [3.05, 3.63) is 95.0 Å². The van der Waals surface area contributed by atoms with Crippen LogP contribution in [0.2, 0.25) is 5.02 Å². The van der Waals surface area contributed by atoms with Gasteiger partial charge in [-0.25, -0.2) is 8.42 Å². The Balaban J connectivity index is 2.04. The largest absolute Gasteiger partial charge is 0.352 e. The van der Waals surface area contributed by atoms with Crippen LogP contribution in [-0.2, 0) is 26.2 Å². The summed E-state index contributed by atoms with van der Waals surface area (Å²) in [5.41, 5.74) is 1.75. The molecule has 0 heterocycles. The van der Waals surface area contributed by atoms with E-state index in [1.54, 1.807) is 44.2 Å². The number of halogens is 1. The van der Waals surface area contributed by atoms with Gasteiger partial charge in [-0.1, -0.05) is 73.1 Å². The molecule has 3 rings (SSSR count). The highest BCUT2D eigenvalue weighted by molar-refractivity contribution is 7.92. The van der Waals surface area contributed by atoms with E-state index in [4.69, 9.17) is 11.6 Å². The molecule has 2 unspecified atom stereocenters. The Bertz CT molecular complexity index is 1350. The molecule has 0 spiro atoms. The molecule has 1 N–H and O–H groups in total. The van der Waals surface area contributed by atoms with Crippen LogP contribution in [0.15, 0.2) is 83.8 Å². The van der Waals surface area contributed by atoms with Gasteiger partial charge in [0.15, 0.2) is 0 Å². The quantitative estimate of drug-likeness (QED) is 0.353. The van der Waals surface area contributed by atoms with Crippen LogP contribution in [0.25, 0.3) is 0 Å². The van der Waals surface area contributed by atoms with Gasteiger partial charge in [-0.2, -0.15) is 0 Å². The van der Waals surface area contributed by atoms with Crippen molar-refractivity contribution in [1.29, 1.82) is 0 Å². The number of carbonyl (C=O) groups is 2. The van der Waals surface area contributed by atoms with Gasteiger partial charge in [0.2, 0.25) is 11.8 Å². The Kier molecular flexibility index (Phi) is 9.94. The summed E-state index contributed by atoms with van der Waals surface area (Å²) in [6.07, 6.45) is 0.738. The van der Waals surface area contributed by atoms with Crippen LogP contribution in [0.4, 0.5) is 5.69 Å². The van der Waals surface area contributed by atoms with E-state index in [0.29, 0.717) is 16.3 Å². The van der Waals surface area contributed by atoms with Crippen molar-refractivity contribution in [3.8, 4) is 0 Å². The molecule has 202 valence electrons. The van der Waals surface area contributed by atoms with Crippen molar-refractivity contribution in [2.45, 2.75) is 57.6 Å². The maximum Gasteiger partial charge on any atom is 0.264 e. The van der Waals surface area contributed by atoms with Crippen LogP contribution >= 0.6 is 11.6 Å². The summed E-state index contributed by atoms with van der Waals surface area (Å²) in [4.78, 5) is 28.4. The molecule has 2 amide bonds. The molecule has 3 aromatic carbocycles. The molecule has 3 aromatic rings. The van der Waals surface area contributed by atoms with Gasteiger partial charge in [-0.3, -0.25) is 13.9 Å². The van der Waals surface area contributed by atoms with Crippen LogP contribution < -0.4 is 9.62 Å². The highest BCUT2D eigenvalue weighted by Crippen LogP contribution is 2.30. The zero-order valence-electron chi connectivity index (χ0n) is 22.1. The zero-order chi connectivity index (χ0) is 27.9. The lowest BCUT2D eigenvalue weighted by Crippen LogP contribution is -2.52. The molecule has 0 radical (unpaired) electrons. The minimum atomic E-state index is -4.14. The molecule has 2 atom stereocenters. The Morgan fingerprint density at radius 2 is 1.55 bits per heavy atom. The van der Waals surface area contributed by atoms with Crippen molar-refractivity contribution >= 4 is 39.1 Å². The van der Waals surface area contributed by atoms with Gasteiger partial charge in [0, 0.05) is 17.6 Å². The van der Waals surface area contributed by atoms with Gasteiger partial charge >= 0.3 is 0 Å². The number of anilines is 1. The van der Waals surface area contributed by atoms with E-state index < -0.39 is 28.5 Å². The van der Waals surface area contributed by atoms with Gasteiger partial charge in [0.05, 0.1) is 10.6 Å². The van der Waals surface area contributed by atoms with E-state index in [-0.39, 0.29) is 23.4 Å². The summed E-state index contributed by atoms with van der Waals surface area (Å²) in [7, 11) is -4.14. The molecule has 7 nitrogen and oxygen atoms in total. The van der Waals surface area contributed by atoms with Crippen molar-refractivity contribution in [1.82, 2.24) is 10.2 Å². The van der Waals surface area contributed by atoms with Crippen LogP contribution in [0.1, 0.15) is 38.3 Å². The minimum absolute atomic E-state index is 0.0457. The molecular formula is C29H34ClN3O4S. The van der Waals surface area contributed by atoms with Crippen molar-refractivity contribution in [2.75, 3.05) is 10.8 Å². The second kappa shape index (κ2) is 12.9. The fourth-order valence-electron chi connectivity index (χ4n) is 3.91. The second-order valence-corrected chi connectivity index (χ2v) is 11.6. The molecule has 0 aliphatic heterocycles. The van der Waals surface area contributed by atoms with Gasteiger partial charge in [0.1, 0.15) is 12.6 Å². The molecule has 0 saturated heterocycles. The monoisotopic (exact) mass is 555 g/mol. The average molecular weight is 556 g/mol. The lowest BCUT2D eigenvalue weighted by molar-refractivity contribution is -0.139. The first-order valence-electron chi connectivity index (χ1n) is 12.5. The molecule has 38 heavy (non-hydrogen) atoms. The van der Waals surface area contributed by atoms with Crippen molar-refractivity contribution < 1.29 is 18.0 Å². The number of amides is 2. The summed E-state index contributed by atoms with van der Waals surface area (Å²) in [6, 6.07) is 21.2. The van der Waals surface area contributed by atoms with Crippen LogP contribution in [0.5, 0.6) is 0 Å². The van der Waals surface area contributed by atoms with Gasteiger partial charge in [-0.15, -0.1) is 0 Å². The molecule has 0 bridgehead atoms. The van der Waals surface area contributed by atoms with Crippen LogP contribution in [-0.4, -0.2) is 43.8 Å². The fraction of sp³-hybridized carbons (Fsp3) is 0.310. The molecule has 9 heteroatoms. The number of nitrogens with zero attached hydrogens (tertiary/aromatic N) is 2. The number of nitrogens with one attached hydrogen (secondary N) is 1. The fourth-order valence-corrected chi connectivity index (χ4v) is 5.57. The Morgan fingerprint density at radius 3 is 2.16 bits per heavy atom. The zero-order valence-corrected chi connectivity index (χ0v) is 23.7. The average Bonchev–Trinajstić information content (AvgIpc) is 2.92. The number of aryl methyl sites for hydroxylation is 1. The first kappa shape index (κ1) is 29.2. The topological polar surface area (TPSA) is 86.8 Å².